The van der Waals surface area contributed by atoms with Crippen molar-refractivity contribution in [3.8, 4) is 0 Å². The van der Waals surface area contributed by atoms with Crippen molar-refractivity contribution in [3.05, 3.63) is 30.1 Å². The molecule has 1 aromatic heterocycles. The monoisotopic (exact) mass is 315 g/mol. The van der Waals surface area contributed by atoms with Crippen LogP contribution in [0.1, 0.15) is 38.2 Å². The summed E-state index contributed by atoms with van der Waals surface area (Å²) in [5, 5.41) is 0. The third-order valence-corrected chi connectivity index (χ3v) is 5.48. The zero-order chi connectivity index (χ0) is 16.1. The molecule has 0 bridgehead atoms. The van der Waals surface area contributed by atoms with Crippen LogP contribution in [0.15, 0.2) is 24.5 Å². The van der Waals surface area contributed by atoms with Crippen LogP contribution < -0.4 is 0 Å². The molecule has 2 aliphatic rings. The molecular formula is C19H29N3O. The Morgan fingerprint density at radius 3 is 2.78 bits per heavy atom. The molecule has 0 saturated carbocycles. The Labute approximate surface area is 139 Å². The van der Waals surface area contributed by atoms with Crippen molar-refractivity contribution in [2.75, 3.05) is 32.7 Å². The van der Waals surface area contributed by atoms with E-state index in [1.807, 2.05) is 18.5 Å². The van der Waals surface area contributed by atoms with E-state index in [0.717, 1.165) is 58.4 Å². The van der Waals surface area contributed by atoms with Gasteiger partial charge < -0.3 is 9.80 Å². The number of carbonyl (C=O) groups is 1. The van der Waals surface area contributed by atoms with Crippen molar-refractivity contribution in [1.29, 1.82) is 0 Å². The van der Waals surface area contributed by atoms with Gasteiger partial charge in [-0.15, -0.1) is 0 Å². The van der Waals surface area contributed by atoms with E-state index in [9.17, 15) is 4.79 Å². The van der Waals surface area contributed by atoms with Crippen LogP contribution in [0.2, 0.25) is 0 Å². The van der Waals surface area contributed by atoms with Crippen LogP contribution in [0.25, 0.3) is 0 Å². The molecule has 3 heterocycles. The lowest BCUT2D eigenvalue weighted by Crippen LogP contribution is -2.47. The Morgan fingerprint density at radius 2 is 2.09 bits per heavy atom. The van der Waals surface area contributed by atoms with Gasteiger partial charge in [0.2, 0.25) is 5.91 Å². The highest BCUT2D eigenvalue weighted by Gasteiger charge is 2.31. The number of carbonyl (C=O) groups excluding carboxylic acids is 1. The summed E-state index contributed by atoms with van der Waals surface area (Å²) >= 11 is 0. The maximum Gasteiger partial charge on any atom is 0.226 e. The average Bonchev–Trinajstić information content (AvgIpc) is 2.63. The maximum atomic E-state index is 12.8. The lowest BCUT2D eigenvalue weighted by Gasteiger charge is -2.37. The molecule has 3 rings (SSSR count). The Balaban J connectivity index is 1.47. The summed E-state index contributed by atoms with van der Waals surface area (Å²) in [6.07, 6.45) is 9.40. The van der Waals surface area contributed by atoms with Crippen LogP contribution in [0.5, 0.6) is 0 Å². The lowest BCUT2D eigenvalue weighted by molar-refractivity contribution is -0.138. The van der Waals surface area contributed by atoms with Crippen molar-refractivity contribution >= 4 is 5.91 Å². The van der Waals surface area contributed by atoms with E-state index in [2.05, 4.69) is 27.8 Å². The molecule has 0 aromatic carbocycles. The number of pyridine rings is 1. The minimum absolute atomic E-state index is 0.235. The van der Waals surface area contributed by atoms with Gasteiger partial charge in [0.1, 0.15) is 0 Å². The molecule has 0 spiro atoms. The molecule has 1 aromatic rings. The first-order chi connectivity index (χ1) is 11.3. The van der Waals surface area contributed by atoms with Gasteiger partial charge >= 0.3 is 0 Å². The zero-order valence-corrected chi connectivity index (χ0v) is 14.3. The molecule has 23 heavy (non-hydrogen) atoms. The third-order valence-electron chi connectivity index (χ3n) is 5.48. The number of nitrogens with zero attached hydrogens (tertiary/aromatic N) is 3. The first-order valence-electron chi connectivity index (χ1n) is 9.16. The van der Waals surface area contributed by atoms with Gasteiger partial charge in [-0.25, -0.2) is 0 Å². The quantitative estimate of drug-likeness (QED) is 0.857. The van der Waals surface area contributed by atoms with Crippen LogP contribution in [-0.4, -0.2) is 53.4 Å². The molecule has 4 nitrogen and oxygen atoms in total. The van der Waals surface area contributed by atoms with E-state index in [1.54, 1.807) is 0 Å². The molecule has 0 unspecified atom stereocenters. The zero-order valence-electron chi connectivity index (χ0n) is 14.3. The molecule has 2 aliphatic heterocycles. The summed E-state index contributed by atoms with van der Waals surface area (Å²) in [6, 6.07) is 4.17. The largest absolute Gasteiger partial charge is 0.342 e. The first-order valence-corrected chi connectivity index (χ1v) is 9.16. The molecule has 0 aliphatic carbocycles. The van der Waals surface area contributed by atoms with Crippen LogP contribution in [0.4, 0.5) is 0 Å². The number of hydrogen-bond donors (Lipinski definition) is 0. The van der Waals surface area contributed by atoms with Crippen molar-refractivity contribution in [1.82, 2.24) is 14.8 Å². The average molecular weight is 315 g/mol. The van der Waals surface area contributed by atoms with Crippen molar-refractivity contribution in [3.63, 3.8) is 0 Å². The summed E-state index contributed by atoms with van der Waals surface area (Å²) in [5.41, 5.74) is 1.32. The molecule has 1 amide bonds. The minimum Gasteiger partial charge on any atom is -0.342 e. The Morgan fingerprint density at radius 1 is 1.26 bits per heavy atom. The highest BCUT2D eigenvalue weighted by atomic mass is 16.2. The standard InChI is InChI=1S/C19H29N3O/c1-2-21-10-4-6-18(15-21)19(23)22-11-7-16(8-12-22)13-17-5-3-9-20-14-17/h3,5,9,14,16,18H,2,4,6-8,10-13,15H2,1H3/t18-/m1/s1. The van der Waals surface area contributed by atoms with Crippen LogP contribution in [0.3, 0.4) is 0 Å². The maximum absolute atomic E-state index is 12.8. The van der Waals surface area contributed by atoms with Crippen molar-refractivity contribution in [2.45, 2.75) is 39.0 Å². The molecule has 0 N–H and O–H groups in total. The van der Waals surface area contributed by atoms with E-state index in [4.69, 9.17) is 0 Å². The Hall–Kier alpha value is -1.42. The molecule has 126 valence electrons. The molecular weight excluding hydrogens is 286 g/mol. The summed E-state index contributed by atoms with van der Waals surface area (Å²) in [4.78, 5) is 21.5. The lowest BCUT2D eigenvalue weighted by atomic mass is 9.89. The minimum atomic E-state index is 0.235. The van der Waals surface area contributed by atoms with Crippen LogP contribution in [-0.2, 0) is 11.2 Å². The predicted octanol–water partition coefficient (Wildman–Crippen LogP) is 2.59. The third kappa shape index (κ3) is 4.31. The summed E-state index contributed by atoms with van der Waals surface area (Å²) in [5.74, 6) is 1.34. The van der Waals surface area contributed by atoms with Gasteiger partial charge in [0, 0.05) is 32.0 Å². The number of hydrogen-bond acceptors (Lipinski definition) is 3. The summed E-state index contributed by atoms with van der Waals surface area (Å²) in [6.45, 7) is 7.25. The van der Waals surface area contributed by atoms with Crippen molar-refractivity contribution < 1.29 is 4.79 Å². The van der Waals surface area contributed by atoms with Gasteiger partial charge in [0.25, 0.3) is 0 Å². The number of amides is 1. The summed E-state index contributed by atoms with van der Waals surface area (Å²) < 4.78 is 0. The molecule has 2 fully saturated rings. The van der Waals surface area contributed by atoms with E-state index >= 15 is 0 Å². The van der Waals surface area contributed by atoms with Gasteiger partial charge in [0.15, 0.2) is 0 Å². The van der Waals surface area contributed by atoms with Gasteiger partial charge in [-0.3, -0.25) is 9.78 Å². The summed E-state index contributed by atoms with van der Waals surface area (Å²) in [7, 11) is 0. The van der Waals surface area contributed by atoms with E-state index < -0.39 is 0 Å². The highest BCUT2D eigenvalue weighted by molar-refractivity contribution is 5.79. The second-order valence-corrected chi connectivity index (χ2v) is 7.07. The fourth-order valence-electron chi connectivity index (χ4n) is 4.01. The number of aromatic nitrogens is 1. The molecule has 0 radical (unpaired) electrons. The second-order valence-electron chi connectivity index (χ2n) is 7.07. The van der Waals surface area contributed by atoms with E-state index in [0.29, 0.717) is 11.8 Å². The highest BCUT2D eigenvalue weighted by Crippen LogP contribution is 2.25. The normalized spacial score (nSPS) is 23.9. The molecule has 1 atom stereocenters. The van der Waals surface area contributed by atoms with Gasteiger partial charge in [-0.2, -0.15) is 0 Å². The molecule has 4 heteroatoms. The van der Waals surface area contributed by atoms with Crippen LogP contribution in [0, 0.1) is 11.8 Å². The van der Waals surface area contributed by atoms with Crippen molar-refractivity contribution in [2.24, 2.45) is 11.8 Å². The number of likely N-dealkylation sites (tertiary alicyclic amines) is 2. The fraction of sp³-hybridized carbons (Fsp3) is 0.684. The van der Waals surface area contributed by atoms with Crippen LogP contribution >= 0.6 is 0 Å². The van der Waals surface area contributed by atoms with Gasteiger partial charge in [0.05, 0.1) is 5.92 Å². The predicted molar refractivity (Wildman–Crippen MR) is 92.1 cm³/mol. The van der Waals surface area contributed by atoms with Gasteiger partial charge in [-0.1, -0.05) is 13.0 Å². The van der Waals surface area contributed by atoms with Gasteiger partial charge in [-0.05, 0) is 62.7 Å². The van der Waals surface area contributed by atoms with E-state index in [-0.39, 0.29) is 5.92 Å². The fourth-order valence-corrected chi connectivity index (χ4v) is 4.01. The Kier molecular flexibility index (Phi) is 5.65. The topological polar surface area (TPSA) is 36.4 Å². The molecule has 2 saturated heterocycles. The Bertz CT molecular complexity index is 497. The first kappa shape index (κ1) is 16.4. The van der Waals surface area contributed by atoms with E-state index in [1.165, 1.54) is 12.0 Å². The number of rotatable bonds is 4. The number of piperidine rings is 2. The smallest absolute Gasteiger partial charge is 0.226 e. The second kappa shape index (κ2) is 7.91. The SMILES string of the molecule is CCN1CCC[C@@H](C(=O)N2CCC(Cc3cccnc3)CC2)C1.